The number of hydrogen-bond donors (Lipinski definition) is 1. The molecule has 1 aromatic rings. The van der Waals surface area contributed by atoms with Crippen molar-refractivity contribution < 1.29 is 0 Å². The van der Waals surface area contributed by atoms with E-state index in [0.717, 1.165) is 31.3 Å². The molecule has 0 aliphatic heterocycles. The Morgan fingerprint density at radius 3 is 2.74 bits per heavy atom. The molecule has 1 saturated carbocycles. The Balaban J connectivity index is 2.00. The summed E-state index contributed by atoms with van der Waals surface area (Å²) in [7, 11) is 0. The van der Waals surface area contributed by atoms with Crippen molar-refractivity contribution in [1.29, 1.82) is 0 Å². The third kappa shape index (κ3) is 4.07. The van der Waals surface area contributed by atoms with Crippen molar-refractivity contribution in [1.82, 2.24) is 14.9 Å². The summed E-state index contributed by atoms with van der Waals surface area (Å²) in [6, 6.07) is 0. The lowest BCUT2D eigenvalue weighted by Gasteiger charge is -2.25. The highest BCUT2D eigenvalue weighted by molar-refractivity contribution is 4.95. The number of aromatic nitrogens is 2. The Kier molecular flexibility index (Phi) is 5.90. The number of rotatable bonds is 6. The van der Waals surface area contributed by atoms with Gasteiger partial charge < -0.3 is 9.88 Å². The van der Waals surface area contributed by atoms with Crippen LogP contribution in [0.1, 0.15) is 51.8 Å². The molecule has 2 atom stereocenters. The van der Waals surface area contributed by atoms with Gasteiger partial charge in [0.1, 0.15) is 5.82 Å². The van der Waals surface area contributed by atoms with E-state index < -0.39 is 0 Å². The van der Waals surface area contributed by atoms with E-state index in [-0.39, 0.29) is 0 Å². The topological polar surface area (TPSA) is 29.9 Å². The molecule has 0 spiro atoms. The Morgan fingerprint density at radius 1 is 1.21 bits per heavy atom. The van der Waals surface area contributed by atoms with Gasteiger partial charge in [0.25, 0.3) is 0 Å². The first-order valence-electron chi connectivity index (χ1n) is 8.05. The highest BCUT2D eigenvalue weighted by atomic mass is 15.1. The predicted octanol–water partition coefficient (Wildman–Crippen LogP) is 3.25. The van der Waals surface area contributed by atoms with Gasteiger partial charge in [-0.3, -0.25) is 0 Å². The molecule has 0 bridgehead atoms. The molecule has 108 valence electrons. The quantitative estimate of drug-likeness (QED) is 0.798. The maximum atomic E-state index is 4.57. The standard InChI is InChI=1S/C16H29N3/c1-3-17-13-15-9-7-5-6-8-14(15)12-16-18-10-11-19(16)4-2/h10-11,14-15,17H,3-9,12-13H2,1-2H3. The molecule has 0 aromatic carbocycles. The van der Waals surface area contributed by atoms with E-state index in [9.17, 15) is 0 Å². The second-order valence-corrected chi connectivity index (χ2v) is 5.80. The number of hydrogen-bond acceptors (Lipinski definition) is 2. The van der Waals surface area contributed by atoms with Crippen LogP contribution >= 0.6 is 0 Å². The highest BCUT2D eigenvalue weighted by Gasteiger charge is 2.24. The molecular weight excluding hydrogens is 234 g/mol. The molecule has 3 heteroatoms. The summed E-state index contributed by atoms with van der Waals surface area (Å²) in [5, 5.41) is 3.56. The fraction of sp³-hybridized carbons (Fsp3) is 0.812. The first kappa shape index (κ1) is 14.6. The van der Waals surface area contributed by atoms with Gasteiger partial charge in [-0.2, -0.15) is 0 Å². The van der Waals surface area contributed by atoms with Crippen LogP contribution in [0.2, 0.25) is 0 Å². The first-order valence-corrected chi connectivity index (χ1v) is 8.05. The van der Waals surface area contributed by atoms with Gasteiger partial charge in [0, 0.05) is 25.4 Å². The van der Waals surface area contributed by atoms with Crippen molar-refractivity contribution in [3.63, 3.8) is 0 Å². The lowest BCUT2D eigenvalue weighted by atomic mass is 9.85. The van der Waals surface area contributed by atoms with Gasteiger partial charge >= 0.3 is 0 Å². The average Bonchev–Trinajstić information content (AvgIpc) is 2.76. The second kappa shape index (κ2) is 7.68. The molecule has 0 saturated heterocycles. The van der Waals surface area contributed by atoms with E-state index in [1.807, 2.05) is 6.20 Å². The van der Waals surface area contributed by atoms with Gasteiger partial charge in [0.05, 0.1) is 0 Å². The number of aryl methyl sites for hydroxylation is 1. The second-order valence-electron chi connectivity index (χ2n) is 5.80. The zero-order valence-electron chi connectivity index (χ0n) is 12.6. The summed E-state index contributed by atoms with van der Waals surface area (Å²) in [5.41, 5.74) is 0. The van der Waals surface area contributed by atoms with E-state index in [1.54, 1.807) is 0 Å². The van der Waals surface area contributed by atoms with E-state index in [0.29, 0.717) is 0 Å². The first-order chi connectivity index (χ1) is 9.35. The highest BCUT2D eigenvalue weighted by Crippen LogP contribution is 2.30. The molecule has 1 aromatic heterocycles. The summed E-state index contributed by atoms with van der Waals surface area (Å²) in [5.74, 6) is 2.94. The predicted molar refractivity (Wildman–Crippen MR) is 80.2 cm³/mol. The molecule has 3 nitrogen and oxygen atoms in total. The van der Waals surface area contributed by atoms with E-state index in [2.05, 4.69) is 34.9 Å². The fourth-order valence-electron chi connectivity index (χ4n) is 3.38. The zero-order valence-corrected chi connectivity index (χ0v) is 12.6. The minimum absolute atomic E-state index is 0.814. The van der Waals surface area contributed by atoms with Crippen LogP contribution in [-0.4, -0.2) is 22.6 Å². The smallest absolute Gasteiger partial charge is 0.108 e. The average molecular weight is 263 g/mol. The zero-order chi connectivity index (χ0) is 13.5. The van der Waals surface area contributed by atoms with Crippen molar-refractivity contribution in [2.24, 2.45) is 11.8 Å². The van der Waals surface area contributed by atoms with E-state index >= 15 is 0 Å². The molecule has 19 heavy (non-hydrogen) atoms. The molecule has 0 amide bonds. The number of nitrogens with zero attached hydrogens (tertiary/aromatic N) is 2. The summed E-state index contributed by atoms with van der Waals surface area (Å²) < 4.78 is 2.30. The molecule has 1 aliphatic rings. The molecule has 1 aliphatic carbocycles. The van der Waals surface area contributed by atoms with Gasteiger partial charge in [0.2, 0.25) is 0 Å². The van der Waals surface area contributed by atoms with Crippen LogP contribution < -0.4 is 5.32 Å². The minimum Gasteiger partial charge on any atom is -0.335 e. The molecule has 0 radical (unpaired) electrons. The van der Waals surface area contributed by atoms with Gasteiger partial charge in [-0.05, 0) is 44.7 Å². The SMILES string of the molecule is CCNCC1CCCCCC1Cc1nccn1CC. The summed E-state index contributed by atoms with van der Waals surface area (Å²) >= 11 is 0. The van der Waals surface area contributed by atoms with E-state index in [4.69, 9.17) is 0 Å². The van der Waals surface area contributed by atoms with E-state index in [1.165, 1.54) is 44.5 Å². The summed E-state index contributed by atoms with van der Waals surface area (Å²) in [6.07, 6.45) is 12.2. The maximum Gasteiger partial charge on any atom is 0.108 e. The van der Waals surface area contributed by atoms with Gasteiger partial charge in [-0.15, -0.1) is 0 Å². The minimum atomic E-state index is 0.814. The van der Waals surface area contributed by atoms with Crippen molar-refractivity contribution in [2.75, 3.05) is 13.1 Å². The van der Waals surface area contributed by atoms with Crippen molar-refractivity contribution in [2.45, 2.75) is 58.9 Å². The summed E-state index contributed by atoms with van der Waals surface area (Å²) in [6.45, 7) is 7.73. The Bertz CT molecular complexity index is 359. The van der Waals surface area contributed by atoms with Gasteiger partial charge in [-0.25, -0.2) is 4.98 Å². The Hall–Kier alpha value is -0.830. The largest absolute Gasteiger partial charge is 0.335 e. The molecular formula is C16H29N3. The monoisotopic (exact) mass is 263 g/mol. The van der Waals surface area contributed by atoms with Crippen molar-refractivity contribution in [3.05, 3.63) is 18.2 Å². The maximum absolute atomic E-state index is 4.57. The Labute approximate surface area is 117 Å². The number of nitrogens with one attached hydrogen (secondary N) is 1. The van der Waals surface area contributed by atoms with Crippen molar-refractivity contribution in [3.8, 4) is 0 Å². The molecule has 1 fully saturated rings. The third-order valence-electron chi connectivity index (χ3n) is 4.56. The van der Waals surface area contributed by atoms with Gasteiger partial charge in [0.15, 0.2) is 0 Å². The third-order valence-corrected chi connectivity index (χ3v) is 4.56. The van der Waals surface area contributed by atoms with Crippen LogP contribution in [0.5, 0.6) is 0 Å². The lowest BCUT2D eigenvalue weighted by molar-refractivity contribution is 0.293. The van der Waals surface area contributed by atoms with Crippen LogP contribution in [0.15, 0.2) is 12.4 Å². The molecule has 1 heterocycles. The fourth-order valence-corrected chi connectivity index (χ4v) is 3.38. The van der Waals surface area contributed by atoms with Crippen LogP contribution in [-0.2, 0) is 13.0 Å². The Morgan fingerprint density at radius 2 is 2.00 bits per heavy atom. The van der Waals surface area contributed by atoms with Gasteiger partial charge in [-0.1, -0.05) is 26.2 Å². The molecule has 2 unspecified atom stereocenters. The van der Waals surface area contributed by atoms with Crippen LogP contribution in [0.3, 0.4) is 0 Å². The van der Waals surface area contributed by atoms with Crippen LogP contribution in [0.25, 0.3) is 0 Å². The van der Waals surface area contributed by atoms with Crippen molar-refractivity contribution >= 4 is 0 Å². The normalized spacial score (nSPS) is 24.3. The molecule has 2 rings (SSSR count). The van der Waals surface area contributed by atoms with Crippen LogP contribution in [0, 0.1) is 11.8 Å². The van der Waals surface area contributed by atoms with Crippen LogP contribution in [0.4, 0.5) is 0 Å². The number of imidazole rings is 1. The molecule has 1 N–H and O–H groups in total. The summed E-state index contributed by atoms with van der Waals surface area (Å²) in [4.78, 5) is 4.57. The lowest BCUT2D eigenvalue weighted by Crippen LogP contribution is -2.29.